The van der Waals surface area contributed by atoms with E-state index in [4.69, 9.17) is 10.5 Å². The number of fused-ring (bicyclic) bond motifs is 2. The number of nitrogens with two attached hydrogens (primary N) is 1. The van der Waals surface area contributed by atoms with E-state index < -0.39 is 0 Å². The van der Waals surface area contributed by atoms with Crippen LogP contribution in [0.5, 0.6) is 11.5 Å². The number of hydrogen-bond acceptors (Lipinski definition) is 7. The van der Waals surface area contributed by atoms with E-state index in [2.05, 4.69) is 16.8 Å². The molecule has 3 N–H and O–H groups in total. The number of nitrogens with zero attached hydrogens (tertiary/aromatic N) is 2. The Morgan fingerprint density at radius 1 is 0.970 bits per heavy atom. The summed E-state index contributed by atoms with van der Waals surface area (Å²) < 4.78 is 5.97. The second kappa shape index (κ2) is 12.6. The number of phenols is 1. The molecule has 33 heavy (non-hydrogen) atoms. The highest BCUT2D eigenvalue weighted by molar-refractivity contribution is 6.30. The van der Waals surface area contributed by atoms with Crippen molar-refractivity contribution in [3.05, 3.63) is 58.1 Å². The first-order valence-electron chi connectivity index (χ1n) is 10.3. The lowest BCUT2D eigenvalue weighted by Gasteiger charge is -2.32. The first-order valence-corrected chi connectivity index (χ1v) is 10.3. The minimum absolute atomic E-state index is 0. The Morgan fingerprint density at radius 3 is 2.12 bits per heavy atom. The second-order valence-corrected chi connectivity index (χ2v) is 7.89. The van der Waals surface area contributed by atoms with Crippen LogP contribution in [0.1, 0.15) is 43.8 Å². The quantitative estimate of drug-likeness (QED) is 0.484. The Hall–Kier alpha value is -1.87. The lowest BCUT2D eigenvalue weighted by Crippen LogP contribution is -2.44. The Morgan fingerprint density at radius 2 is 1.55 bits per heavy atom. The van der Waals surface area contributed by atoms with Crippen molar-refractivity contribution in [2.45, 2.75) is 13.0 Å². The fraction of sp³-hybridized carbons (Fsp3) is 0.391. The summed E-state index contributed by atoms with van der Waals surface area (Å²) in [5, 5.41) is 10.6. The number of likely N-dealkylation sites (N-methyl/N-ethyl adjacent to an activating group) is 1. The first-order chi connectivity index (χ1) is 14.5. The van der Waals surface area contributed by atoms with Gasteiger partial charge in [-0.25, -0.2) is 0 Å². The Kier molecular flexibility index (Phi) is 11.1. The van der Waals surface area contributed by atoms with E-state index >= 15 is 0 Å². The van der Waals surface area contributed by atoms with Crippen LogP contribution in [0.3, 0.4) is 0 Å². The third kappa shape index (κ3) is 5.80. The van der Waals surface area contributed by atoms with Gasteiger partial charge in [-0.2, -0.15) is 0 Å². The number of piperazine rings is 1. The number of phenolic OH excluding ortho intramolecular Hbond substituents is 1. The molecular weight excluding hydrogens is 489 g/mol. The lowest BCUT2D eigenvalue weighted by molar-refractivity contribution is 0.0972. The number of halogens is 3. The number of aromatic hydroxyl groups is 1. The van der Waals surface area contributed by atoms with E-state index in [-0.39, 0.29) is 72.2 Å². The van der Waals surface area contributed by atoms with E-state index in [9.17, 15) is 14.7 Å². The van der Waals surface area contributed by atoms with Crippen molar-refractivity contribution in [1.29, 1.82) is 0 Å². The molecule has 1 fully saturated rings. The maximum atomic E-state index is 13.1. The van der Waals surface area contributed by atoms with Gasteiger partial charge in [-0.05, 0) is 19.5 Å². The number of ketones is 2. The zero-order valence-electron chi connectivity index (χ0n) is 18.4. The van der Waals surface area contributed by atoms with Gasteiger partial charge in [0.2, 0.25) is 0 Å². The van der Waals surface area contributed by atoms with Crippen LogP contribution in [0.4, 0.5) is 0 Å². The molecule has 182 valence electrons. The largest absolute Gasteiger partial charge is 0.507 e. The van der Waals surface area contributed by atoms with Crippen molar-refractivity contribution in [3.63, 3.8) is 0 Å². The first kappa shape index (κ1) is 29.2. The van der Waals surface area contributed by atoms with Crippen molar-refractivity contribution in [2.75, 3.05) is 46.4 Å². The summed E-state index contributed by atoms with van der Waals surface area (Å²) in [5.41, 5.74) is 6.91. The van der Waals surface area contributed by atoms with Crippen molar-refractivity contribution in [3.8, 4) is 11.5 Å². The maximum Gasteiger partial charge on any atom is 0.198 e. The molecule has 0 atom stereocenters. The average Bonchev–Trinajstić information content (AvgIpc) is 2.76. The van der Waals surface area contributed by atoms with E-state index in [0.717, 1.165) is 39.1 Å². The lowest BCUT2D eigenvalue weighted by atomic mass is 9.82. The van der Waals surface area contributed by atoms with Gasteiger partial charge in [0.15, 0.2) is 11.6 Å². The Balaban J connectivity index is 0.00000181. The molecule has 4 rings (SSSR count). The van der Waals surface area contributed by atoms with Crippen LogP contribution in [0.15, 0.2) is 30.3 Å². The standard InChI is InChI=1S/C23H27N3O4.3ClH/c1-25-8-10-26(11-9-25)7-4-12-30-18-13-15(14-24)21(27)20-19(18)22(28)16-5-2-3-6-17(16)23(20)29;;;/h2-3,5-6,13,27H,4,7-12,14,24H2,1H3;3*1H. The van der Waals surface area contributed by atoms with Gasteiger partial charge >= 0.3 is 0 Å². The summed E-state index contributed by atoms with van der Waals surface area (Å²) in [7, 11) is 2.12. The monoisotopic (exact) mass is 517 g/mol. The molecular formula is C23H30Cl3N3O4. The molecule has 0 amide bonds. The molecule has 1 aliphatic carbocycles. The number of carbonyl (C=O) groups is 2. The van der Waals surface area contributed by atoms with E-state index in [1.807, 2.05) is 0 Å². The summed E-state index contributed by atoms with van der Waals surface area (Å²) >= 11 is 0. The number of ether oxygens (including phenoxy) is 1. The Labute approximate surface area is 212 Å². The van der Waals surface area contributed by atoms with Crippen molar-refractivity contribution >= 4 is 48.8 Å². The van der Waals surface area contributed by atoms with E-state index in [1.54, 1.807) is 30.3 Å². The highest BCUT2D eigenvalue weighted by Crippen LogP contribution is 2.40. The second-order valence-electron chi connectivity index (χ2n) is 7.89. The van der Waals surface area contributed by atoms with Gasteiger partial charge in [0.1, 0.15) is 11.5 Å². The Bertz CT molecular complexity index is 995. The molecule has 0 bridgehead atoms. The molecule has 0 unspecified atom stereocenters. The minimum atomic E-state index is -0.379. The van der Waals surface area contributed by atoms with Crippen LogP contribution in [0.2, 0.25) is 0 Å². The van der Waals surface area contributed by atoms with Gasteiger partial charge in [-0.3, -0.25) is 9.59 Å². The molecule has 1 heterocycles. The molecule has 2 aliphatic rings. The molecule has 10 heteroatoms. The summed E-state index contributed by atoms with van der Waals surface area (Å²) in [6.45, 7) is 5.55. The number of hydrogen-bond donors (Lipinski definition) is 2. The van der Waals surface area contributed by atoms with Crippen LogP contribution >= 0.6 is 37.2 Å². The van der Waals surface area contributed by atoms with Gasteiger partial charge in [0, 0.05) is 56.0 Å². The summed E-state index contributed by atoms with van der Waals surface area (Å²) in [6.07, 6.45) is 0.802. The average molecular weight is 519 g/mol. The van der Waals surface area contributed by atoms with Gasteiger partial charge < -0.3 is 25.4 Å². The van der Waals surface area contributed by atoms with Gasteiger partial charge in [-0.15, -0.1) is 37.2 Å². The molecule has 1 aliphatic heterocycles. The van der Waals surface area contributed by atoms with Crippen molar-refractivity contribution in [1.82, 2.24) is 9.80 Å². The van der Waals surface area contributed by atoms with E-state index in [1.165, 1.54) is 0 Å². The van der Waals surface area contributed by atoms with Crippen molar-refractivity contribution in [2.24, 2.45) is 5.73 Å². The van der Waals surface area contributed by atoms with Crippen LogP contribution in [-0.4, -0.2) is 72.9 Å². The summed E-state index contributed by atoms with van der Waals surface area (Å²) in [5.74, 6) is -0.608. The normalized spacial score (nSPS) is 15.5. The maximum absolute atomic E-state index is 13.1. The SMILES string of the molecule is CN1CCN(CCCOc2cc(CN)c(O)c3c2C(=O)c2ccccc2C3=O)CC1.Cl.Cl.Cl. The van der Waals surface area contributed by atoms with Crippen molar-refractivity contribution < 1.29 is 19.4 Å². The van der Waals surface area contributed by atoms with Gasteiger partial charge in [0.05, 0.1) is 17.7 Å². The molecule has 1 saturated heterocycles. The third-order valence-corrected chi connectivity index (χ3v) is 5.91. The van der Waals surface area contributed by atoms with Gasteiger partial charge in [-0.1, -0.05) is 24.3 Å². The third-order valence-electron chi connectivity index (χ3n) is 5.91. The highest BCUT2D eigenvalue weighted by Gasteiger charge is 2.35. The van der Waals surface area contributed by atoms with Crippen LogP contribution in [0, 0.1) is 0 Å². The fourth-order valence-electron chi connectivity index (χ4n) is 4.11. The van der Waals surface area contributed by atoms with Crippen LogP contribution in [-0.2, 0) is 6.54 Å². The summed E-state index contributed by atoms with van der Waals surface area (Å²) in [4.78, 5) is 30.9. The molecule has 0 spiro atoms. The predicted octanol–water partition coefficient (Wildman–Crippen LogP) is 2.91. The summed E-state index contributed by atoms with van der Waals surface area (Å²) in [6, 6.07) is 8.24. The molecule has 0 aromatic heterocycles. The van der Waals surface area contributed by atoms with Gasteiger partial charge in [0.25, 0.3) is 0 Å². The molecule has 2 aromatic rings. The fourth-order valence-corrected chi connectivity index (χ4v) is 4.11. The predicted molar refractivity (Wildman–Crippen MR) is 135 cm³/mol. The van der Waals surface area contributed by atoms with E-state index in [0.29, 0.717) is 29.0 Å². The zero-order valence-corrected chi connectivity index (χ0v) is 20.9. The molecule has 7 nitrogen and oxygen atoms in total. The highest BCUT2D eigenvalue weighted by atomic mass is 35.5. The number of carbonyl (C=O) groups excluding carboxylic acids is 2. The molecule has 0 radical (unpaired) electrons. The molecule has 2 aromatic carbocycles. The smallest absolute Gasteiger partial charge is 0.198 e. The topological polar surface area (TPSA) is 96.1 Å². The number of benzene rings is 2. The molecule has 0 saturated carbocycles. The number of rotatable bonds is 6. The minimum Gasteiger partial charge on any atom is -0.507 e. The zero-order chi connectivity index (χ0) is 21.3. The van der Waals surface area contributed by atoms with Crippen LogP contribution in [0.25, 0.3) is 0 Å². The van der Waals surface area contributed by atoms with Crippen LogP contribution < -0.4 is 10.5 Å².